The SMILES string of the molecule is CNC(=S)NC1(c2cc(Br)ccc2F)CN(C(=O)OCc2ccccc2)CC1CO. The summed E-state index contributed by atoms with van der Waals surface area (Å²) in [6, 6.07) is 13.9. The molecule has 2 aromatic carbocycles. The summed E-state index contributed by atoms with van der Waals surface area (Å²) in [5, 5.41) is 16.3. The molecular weight excluding hydrogens is 473 g/mol. The second-order valence-corrected chi connectivity index (χ2v) is 8.42. The Labute approximate surface area is 188 Å². The number of ether oxygens (including phenoxy) is 1. The second-order valence-electron chi connectivity index (χ2n) is 7.10. The number of halogens is 2. The maximum Gasteiger partial charge on any atom is 0.410 e. The Bertz CT molecular complexity index is 918. The number of rotatable bonds is 5. The molecule has 6 nitrogen and oxygen atoms in total. The molecule has 9 heteroatoms. The third-order valence-corrected chi connectivity index (χ3v) is 6.03. The van der Waals surface area contributed by atoms with Crippen molar-refractivity contribution in [2.24, 2.45) is 5.92 Å². The van der Waals surface area contributed by atoms with Crippen LogP contribution in [0.1, 0.15) is 11.1 Å². The molecule has 2 unspecified atom stereocenters. The van der Waals surface area contributed by atoms with Crippen molar-refractivity contribution in [2.45, 2.75) is 12.1 Å². The lowest BCUT2D eigenvalue weighted by Crippen LogP contribution is -2.55. The molecule has 1 fully saturated rings. The van der Waals surface area contributed by atoms with Crippen LogP contribution < -0.4 is 10.6 Å². The highest BCUT2D eigenvalue weighted by atomic mass is 79.9. The van der Waals surface area contributed by atoms with Crippen molar-refractivity contribution in [1.29, 1.82) is 0 Å². The van der Waals surface area contributed by atoms with Gasteiger partial charge in [-0.05, 0) is 36.0 Å². The fraction of sp³-hybridized carbons (Fsp3) is 0.333. The molecule has 0 bridgehead atoms. The van der Waals surface area contributed by atoms with E-state index in [1.54, 1.807) is 19.2 Å². The molecule has 2 atom stereocenters. The lowest BCUT2D eigenvalue weighted by Gasteiger charge is -2.36. The van der Waals surface area contributed by atoms with Crippen LogP contribution in [0.15, 0.2) is 53.0 Å². The van der Waals surface area contributed by atoms with Gasteiger partial charge in [0.1, 0.15) is 12.4 Å². The number of nitrogens with one attached hydrogen (secondary N) is 2. The van der Waals surface area contributed by atoms with E-state index in [1.165, 1.54) is 11.0 Å². The number of thiocarbonyl (C=S) groups is 1. The smallest absolute Gasteiger partial charge is 0.410 e. The Balaban J connectivity index is 1.89. The van der Waals surface area contributed by atoms with Gasteiger partial charge in [0.2, 0.25) is 0 Å². The van der Waals surface area contributed by atoms with E-state index in [0.717, 1.165) is 5.56 Å². The fourth-order valence-electron chi connectivity index (χ4n) is 3.70. The molecule has 0 spiro atoms. The fourth-order valence-corrected chi connectivity index (χ4v) is 4.24. The zero-order valence-corrected chi connectivity index (χ0v) is 18.8. The first-order chi connectivity index (χ1) is 14.4. The van der Waals surface area contributed by atoms with Crippen LogP contribution in [-0.4, -0.2) is 48.0 Å². The lowest BCUT2D eigenvalue weighted by atomic mass is 9.80. The predicted octanol–water partition coefficient (Wildman–Crippen LogP) is 3.14. The van der Waals surface area contributed by atoms with Gasteiger partial charge in [-0.3, -0.25) is 0 Å². The molecule has 3 N–H and O–H groups in total. The first-order valence-electron chi connectivity index (χ1n) is 9.41. The maximum atomic E-state index is 14.9. The van der Waals surface area contributed by atoms with Gasteiger partial charge in [0.15, 0.2) is 5.11 Å². The van der Waals surface area contributed by atoms with Gasteiger partial charge in [-0.2, -0.15) is 0 Å². The summed E-state index contributed by atoms with van der Waals surface area (Å²) in [6.45, 7) is 0.130. The van der Waals surface area contributed by atoms with Crippen LogP contribution in [0.5, 0.6) is 0 Å². The van der Waals surface area contributed by atoms with Gasteiger partial charge in [-0.1, -0.05) is 46.3 Å². The van der Waals surface area contributed by atoms with Crippen LogP contribution in [0.3, 0.4) is 0 Å². The number of nitrogens with zero attached hydrogens (tertiary/aromatic N) is 1. The number of aliphatic hydroxyl groups is 1. The topological polar surface area (TPSA) is 73.8 Å². The summed E-state index contributed by atoms with van der Waals surface area (Å²) in [5.74, 6) is -0.959. The Morgan fingerprint density at radius 2 is 2.10 bits per heavy atom. The zero-order valence-electron chi connectivity index (χ0n) is 16.4. The van der Waals surface area contributed by atoms with Gasteiger partial charge < -0.3 is 25.4 Å². The predicted molar refractivity (Wildman–Crippen MR) is 119 cm³/mol. The van der Waals surface area contributed by atoms with Crippen molar-refractivity contribution in [1.82, 2.24) is 15.5 Å². The Morgan fingerprint density at radius 1 is 1.37 bits per heavy atom. The summed E-state index contributed by atoms with van der Waals surface area (Å²) < 4.78 is 21.0. The number of likely N-dealkylation sites (tertiary alicyclic amines) is 1. The molecule has 1 heterocycles. The molecule has 1 amide bonds. The van der Waals surface area contributed by atoms with Crippen LogP contribution in [0.25, 0.3) is 0 Å². The van der Waals surface area contributed by atoms with Crippen LogP contribution in [0, 0.1) is 11.7 Å². The van der Waals surface area contributed by atoms with Crippen LogP contribution >= 0.6 is 28.1 Å². The van der Waals surface area contributed by atoms with Crippen molar-refractivity contribution in [3.63, 3.8) is 0 Å². The number of aliphatic hydroxyl groups excluding tert-OH is 1. The molecule has 0 radical (unpaired) electrons. The van der Waals surface area contributed by atoms with Crippen LogP contribution in [-0.2, 0) is 16.9 Å². The quantitative estimate of drug-likeness (QED) is 0.553. The number of amides is 1. The highest BCUT2D eigenvalue weighted by Crippen LogP contribution is 2.39. The van der Waals surface area contributed by atoms with Gasteiger partial charge in [0.05, 0.1) is 18.7 Å². The highest BCUT2D eigenvalue weighted by Gasteiger charge is 2.51. The molecule has 0 saturated carbocycles. The largest absolute Gasteiger partial charge is 0.445 e. The van der Waals surface area contributed by atoms with Crippen molar-refractivity contribution < 1.29 is 19.0 Å². The van der Waals surface area contributed by atoms with Crippen molar-refractivity contribution in [3.8, 4) is 0 Å². The van der Waals surface area contributed by atoms with E-state index in [4.69, 9.17) is 17.0 Å². The summed E-state index contributed by atoms with van der Waals surface area (Å²) in [5.41, 5.74) is 0.0588. The highest BCUT2D eigenvalue weighted by molar-refractivity contribution is 9.10. The van der Waals surface area contributed by atoms with Gasteiger partial charge in [-0.15, -0.1) is 0 Å². The van der Waals surface area contributed by atoms with Gasteiger partial charge >= 0.3 is 6.09 Å². The van der Waals surface area contributed by atoms with E-state index in [1.807, 2.05) is 30.3 Å². The number of hydrogen-bond acceptors (Lipinski definition) is 4. The second kappa shape index (κ2) is 9.72. The van der Waals surface area contributed by atoms with E-state index in [-0.39, 0.29) is 31.4 Å². The van der Waals surface area contributed by atoms with Gasteiger partial charge in [-0.25, -0.2) is 9.18 Å². The molecule has 2 aromatic rings. The van der Waals surface area contributed by atoms with Gasteiger partial charge in [0.25, 0.3) is 0 Å². The van der Waals surface area contributed by atoms with E-state index in [2.05, 4.69) is 26.6 Å². The van der Waals surface area contributed by atoms with Crippen LogP contribution in [0.2, 0.25) is 0 Å². The third-order valence-electron chi connectivity index (χ3n) is 5.23. The molecule has 1 aliphatic rings. The maximum absolute atomic E-state index is 14.9. The average molecular weight is 496 g/mol. The minimum absolute atomic E-state index is 0.0844. The normalized spacial score (nSPS) is 20.7. The van der Waals surface area contributed by atoms with E-state index in [9.17, 15) is 14.3 Å². The van der Waals surface area contributed by atoms with E-state index in [0.29, 0.717) is 10.0 Å². The first-order valence-corrected chi connectivity index (χ1v) is 10.6. The summed E-state index contributed by atoms with van der Waals surface area (Å²) in [4.78, 5) is 14.2. The number of benzene rings is 2. The van der Waals surface area contributed by atoms with Crippen molar-refractivity contribution in [2.75, 3.05) is 26.7 Å². The number of carbonyl (C=O) groups excluding carboxylic acids is 1. The average Bonchev–Trinajstić information content (AvgIpc) is 3.13. The molecule has 3 rings (SSSR count). The summed E-state index contributed by atoms with van der Waals surface area (Å²) in [6.07, 6.45) is -0.535. The standard InChI is InChI=1S/C21H23BrFN3O3S/c1-24-19(30)25-21(17-9-16(22)7-8-18(17)23)13-26(10-15(21)11-27)20(28)29-12-14-5-3-2-4-6-14/h2-9,15,27H,10-13H2,1H3,(H2,24,25,30). The van der Waals surface area contributed by atoms with Crippen molar-refractivity contribution >= 4 is 39.4 Å². The minimum Gasteiger partial charge on any atom is -0.445 e. The van der Waals surface area contributed by atoms with Crippen molar-refractivity contribution in [3.05, 3.63) is 69.9 Å². The molecule has 30 heavy (non-hydrogen) atoms. The first kappa shape index (κ1) is 22.5. The Hall–Kier alpha value is -2.23. The number of carbonyl (C=O) groups is 1. The molecule has 1 aliphatic heterocycles. The summed E-state index contributed by atoms with van der Waals surface area (Å²) in [7, 11) is 1.65. The molecule has 1 saturated heterocycles. The van der Waals surface area contributed by atoms with E-state index < -0.39 is 23.4 Å². The lowest BCUT2D eigenvalue weighted by molar-refractivity contribution is 0.101. The Morgan fingerprint density at radius 3 is 2.77 bits per heavy atom. The van der Waals surface area contributed by atoms with Crippen LogP contribution in [0.4, 0.5) is 9.18 Å². The van der Waals surface area contributed by atoms with E-state index >= 15 is 0 Å². The molecule has 0 aliphatic carbocycles. The summed E-state index contributed by atoms with van der Waals surface area (Å²) >= 11 is 8.66. The molecule has 160 valence electrons. The third kappa shape index (κ3) is 4.74. The Kier molecular flexibility index (Phi) is 7.27. The zero-order chi connectivity index (χ0) is 21.7. The molecular formula is C21H23BrFN3O3S. The number of hydrogen-bond donors (Lipinski definition) is 3. The monoisotopic (exact) mass is 495 g/mol. The van der Waals surface area contributed by atoms with Gasteiger partial charge in [0, 0.05) is 29.5 Å². The minimum atomic E-state index is -1.12. The molecule has 0 aromatic heterocycles.